The van der Waals surface area contributed by atoms with Crippen molar-refractivity contribution in [1.82, 2.24) is 0 Å². The SMILES string of the molecule is COc1ccc(/C=C/c2ccccc2NC(=O)c2ccccc2)cc1. The summed E-state index contributed by atoms with van der Waals surface area (Å²) in [5, 5.41) is 2.97. The molecule has 0 saturated heterocycles. The standard InChI is InChI=1S/C22H19NO2/c1-25-20-15-12-17(13-16-20)11-14-18-7-5-6-10-21(18)23-22(24)19-8-3-2-4-9-19/h2-16H,1H3,(H,23,24)/b14-11+. The molecule has 0 atom stereocenters. The molecule has 0 spiro atoms. The fourth-order valence-electron chi connectivity index (χ4n) is 2.44. The Hall–Kier alpha value is -3.33. The zero-order valence-corrected chi connectivity index (χ0v) is 14.0. The minimum atomic E-state index is -0.120. The van der Waals surface area contributed by atoms with Crippen LogP contribution in [0.15, 0.2) is 78.9 Å². The lowest BCUT2D eigenvalue weighted by atomic mass is 10.1. The highest BCUT2D eigenvalue weighted by atomic mass is 16.5. The zero-order valence-electron chi connectivity index (χ0n) is 14.0. The van der Waals surface area contributed by atoms with Crippen LogP contribution in [0.25, 0.3) is 12.2 Å². The Bertz CT molecular complexity index is 868. The first kappa shape index (κ1) is 16.5. The normalized spacial score (nSPS) is 10.6. The smallest absolute Gasteiger partial charge is 0.255 e. The third-order valence-electron chi connectivity index (χ3n) is 3.82. The van der Waals surface area contributed by atoms with Crippen molar-refractivity contribution in [1.29, 1.82) is 0 Å². The number of carbonyl (C=O) groups is 1. The molecule has 3 heteroatoms. The fourth-order valence-corrected chi connectivity index (χ4v) is 2.44. The van der Waals surface area contributed by atoms with Crippen molar-refractivity contribution in [2.45, 2.75) is 0 Å². The van der Waals surface area contributed by atoms with E-state index in [1.807, 2.05) is 78.9 Å². The number of rotatable bonds is 5. The van der Waals surface area contributed by atoms with Crippen LogP contribution in [0.4, 0.5) is 5.69 Å². The van der Waals surface area contributed by atoms with E-state index >= 15 is 0 Å². The van der Waals surface area contributed by atoms with Gasteiger partial charge in [0.1, 0.15) is 5.75 Å². The summed E-state index contributed by atoms with van der Waals surface area (Å²) in [6.45, 7) is 0. The maximum absolute atomic E-state index is 12.4. The van der Waals surface area contributed by atoms with Gasteiger partial charge in [0.25, 0.3) is 5.91 Å². The molecule has 1 N–H and O–H groups in total. The Morgan fingerprint density at radius 3 is 2.24 bits per heavy atom. The summed E-state index contributed by atoms with van der Waals surface area (Å²) < 4.78 is 5.17. The van der Waals surface area contributed by atoms with E-state index in [0.29, 0.717) is 5.56 Å². The third-order valence-corrected chi connectivity index (χ3v) is 3.82. The number of nitrogens with one attached hydrogen (secondary N) is 1. The molecule has 0 aromatic heterocycles. The first-order chi connectivity index (χ1) is 12.3. The zero-order chi connectivity index (χ0) is 17.5. The number of hydrogen-bond acceptors (Lipinski definition) is 2. The van der Waals surface area contributed by atoms with Crippen molar-refractivity contribution in [3.63, 3.8) is 0 Å². The van der Waals surface area contributed by atoms with Gasteiger partial charge in [-0.1, -0.05) is 60.7 Å². The average molecular weight is 329 g/mol. The summed E-state index contributed by atoms with van der Waals surface area (Å²) in [5.74, 6) is 0.707. The molecule has 0 aliphatic carbocycles. The van der Waals surface area contributed by atoms with Crippen LogP contribution in [-0.2, 0) is 0 Å². The van der Waals surface area contributed by atoms with Gasteiger partial charge in [-0.3, -0.25) is 4.79 Å². The highest BCUT2D eigenvalue weighted by Crippen LogP contribution is 2.20. The number of carbonyl (C=O) groups excluding carboxylic acids is 1. The lowest BCUT2D eigenvalue weighted by Crippen LogP contribution is -2.12. The van der Waals surface area contributed by atoms with E-state index in [9.17, 15) is 4.79 Å². The van der Waals surface area contributed by atoms with Gasteiger partial charge in [0.2, 0.25) is 0 Å². The molecule has 1 amide bonds. The highest BCUT2D eigenvalue weighted by molar-refractivity contribution is 6.05. The molecule has 3 rings (SSSR count). The molecule has 124 valence electrons. The summed E-state index contributed by atoms with van der Waals surface area (Å²) in [6, 6.07) is 24.7. The molecule has 0 bridgehead atoms. The monoisotopic (exact) mass is 329 g/mol. The van der Waals surface area contributed by atoms with Crippen LogP contribution in [0.3, 0.4) is 0 Å². The Labute approximate surface area is 147 Å². The van der Waals surface area contributed by atoms with Gasteiger partial charge in [0.15, 0.2) is 0 Å². The summed E-state index contributed by atoms with van der Waals surface area (Å²) in [5.41, 5.74) is 3.42. The first-order valence-electron chi connectivity index (χ1n) is 8.04. The molecule has 0 fully saturated rings. The summed E-state index contributed by atoms with van der Waals surface area (Å²) in [4.78, 5) is 12.4. The minimum Gasteiger partial charge on any atom is -0.497 e. The minimum absolute atomic E-state index is 0.120. The molecular weight excluding hydrogens is 310 g/mol. The Balaban J connectivity index is 1.78. The van der Waals surface area contributed by atoms with Crippen LogP contribution in [-0.4, -0.2) is 13.0 Å². The molecule has 0 heterocycles. The number of benzene rings is 3. The largest absolute Gasteiger partial charge is 0.497 e. The fraction of sp³-hybridized carbons (Fsp3) is 0.0455. The number of ether oxygens (including phenoxy) is 1. The topological polar surface area (TPSA) is 38.3 Å². The quantitative estimate of drug-likeness (QED) is 0.660. The van der Waals surface area contributed by atoms with E-state index in [1.165, 1.54) is 0 Å². The van der Waals surface area contributed by atoms with Gasteiger partial charge < -0.3 is 10.1 Å². The summed E-state index contributed by atoms with van der Waals surface area (Å²) in [6.07, 6.45) is 4.00. The second-order valence-electron chi connectivity index (χ2n) is 5.51. The van der Waals surface area contributed by atoms with E-state index in [4.69, 9.17) is 4.74 Å². The highest BCUT2D eigenvalue weighted by Gasteiger charge is 2.07. The van der Waals surface area contributed by atoms with Crippen LogP contribution in [0.5, 0.6) is 5.75 Å². The predicted octanol–water partition coefficient (Wildman–Crippen LogP) is 5.12. The van der Waals surface area contributed by atoms with E-state index in [1.54, 1.807) is 19.2 Å². The summed E-state index contributed by atoms with van der Waals surface area (Å²) in [7, 11) is 1.65. The Morgan fingerprint density at radius 1 is 0.840 bits per heavy atom. The van der Waals surface area contributed by atoms with E-state index in [2.05, 4.69) is 5.32 Å². The van der Waals surface area contributed by atoms with Crippen LogP contribution in [0, 0.1) is 0 Å². The average Bonchev–Trinajstić information content (AvgIpc) is 2.68. The van der Waals surface area contributed by atoms with Crippen LogP contribution in [0.2, 0.25) is 0 Å². The molecule has 0 radical (unpaired) electrons. The third kappa shape index (κ3) is 4.36. The molecule has 25 heavy (non-hydrogen) atoms. The van der Waals surface area contributed by atoms with E-state index in [-0.39, 0.29) is 5.91 Å². The van der Waals surface area contributed by atoms with Crippen LogP contribution < -0.4 is 10.1 Å². The Morgan fingerprint density at radius 2 is 1.52 bits per heavy atom. The van der Waals surface area contributed by atoms with Crippen molar-refractivity contribution >= 4 is 23.7 Å². The summed E-state index contributed by atoms with van der Waals surface area (Å²) >= 11 is 0. The molecule has 0 aliphatic heterocycles. The number of para-hydroxylation sites is 1. The number of anilines is 1. The molecule has 0 unspecified atom stereocenters. The molecule has 3 aromatic rings. The van der Waals surface area contributed by atoms with Crippen molar-refractivity contribution in [3.05, 3.63) is 95.6 Å². The van der Waals surface area contributed by atoms with Crippen LogP contribution >= 0.6 is 0 Å². The van der Waals surface area contributed by atoms with Crippen molar-refractivity contribution < 1.29 is 9.53 Å². The van der Waals surface area contributed by atoms with Crippen LogP contribution in [0.1, 0.15) is 21.5 Å². The van der Waals surface area contributed by atoms with Gasteiger partial charge in [-0.15, -0.1) is 0 Å². The lowest BCUT2D eigenvalue weighted by Gasteiger charge is -2.08. The van der Waals surface area contributed by atoms with E-state index in [0.717, 1.165) is 22.6 Å². The molecule has 3 aromatic carbocycles. The first-order valence-corrected chi connectivity index (χ1v) is 8.04. The van der Waals surface area contributed by atoms with Gasteiger partial charge in [0, 0.05) is 11.3 Å². The second-order valence-corrected chi connectivity index (χ2v) is 5.51. The van der Waals surface area contributed by atoms with Gasteiger partial charge in [-0.2, -0.15) is 0 Å². The Kier molecular flexibility index (Phi) is 5.27. The molecule has 0 saturated carbocycles. The number of hydrogen-bond donors (Lipinski definition) is 1. The van der Waals surface area contributed by atoms with Gasteiger partial charge in [-0.05, 0) is 41.5 Å². The molecule has 0 aliphatic rings. The van der Waals surface area contributed by atoms with Crippen molar-refractivity contribution in [2.75, 3.05) is 12.4 Å². The van der Waals surface area contributed by atoms with Gasteiger partial charge >= 0.3 is 0 Å². The van der Waals surface area contributed by atoms with Crippen molar-refractivity contribution in [2.24, 2.45) is 0 Å². The van der Waals surface area contributed by atoms with Gasteiger partial charge in [0.05, 0.1) is 7.11 Å². The van der Waals surface area contributed by atoms with Gasteiger partial charge in [-0.25, -0.2) is 0 Å². The number of amides is 1. The predicted molar refractivity (Wildman–Crippen MR) is 103 cm³/mol. The molecule has 3 nitrogen and oxygen atoms in total. The maximum Gasteiger partial charge on any atom is 0.255 e. The van der Waals surface area contributed by atoms with Crippen molar-refractivity contribution in [3.8, 4) is 5.75 Å². The lowest BCUT2D eigenvalue weighted by molar-refractivity contribution is 0.102. The second kappa shape index (κ2) is 7.97. The maximum atomic E-state index is 12.4. The molecular formula is C22H19NO2. The number of methoxy groups -OCH3 is 1. The van der Waals surface area contributed by atoms with E-state index < -0.39 is 0 Å².